The molecular formula is C22H38N4O3. The van der Waals surface area contributed by atoms with Crippen molar-refractivity contribution in [1.29, 1.82) is 0 Å². The molecule has 1 aliphatic rings. The standard InChI is InChI=1S/C22H38N4O3/c1-6-26(7-2)13-14-29-21-15-19(10-11-20(21)28-5)23-22(27)25(4)17-18-9-8-12-24(3)16-18/h10-11,15,18H,6-9,12-14,16-17H2,1-5H3,(H,23,27). The highest BCUT2D eigenvalue weighted by atomic mass is 16.5. The summed E-state index contributed by atoms with van der Waals surface area (Å²) >= 11 is 0. The fourth-order valence-corrected chi connectivity index (χ4v) is 3.80. The van der Waals surface area contributed by atoms with E-state index >= 15 is 0 Å². The van der Waals surface area contributed by atoms with E-state index in [0.717, 1.165) is 39.3 Å². The number of hydrogen-bond donors (Lipinski definition) is 1. The number of rotatable bonds is 10. The number of carbonyl (C=O) groups excluding carboxylic acids is 1. The van der Waals surface area contributed by atoms with E-state index in [-0.39, 0.29) is 6.03 Å². The molecule has 1 saturated heterocycles. The van der Waals surface area contributed by atoms with Gasteiger partial charge in [0.15, 0.2) is 11.5 Å². The molecule has 1 heterocycles. The number of amides is 2. The highest BCUT2D eigenvalue weighted by molar-refractivity contribution is 5.89. The van der Waals surface area contributed by atoms with Crippen LogP contribution in [0, 0.1) is 5.92 Å². The average Bonchev–Trinajstić information content (AvgIpc) is 2.71. The van der Waals surface area contributed by atoms with Crippen molar-refractivity contribution < 1.29 is 14.3 Å². The van der Waals surface area contributed by atoms with Crippen LogP contribution in [0.15, 0.2) is 18.2 Å². The van der Waals surface area contributed by atoms with Crippen molar-refractivity contribution in [2.24, 2.45) is 5.92 Å². The highest BCUT2D eigenvalue weighted by Gasteiger charge is 2.21. The summed E-state index contributed by atoms with van der Waals surface area (Å²) in [6, 6.07) is 5.41. The third kappa shape index (κ3) is 7.40. The first-order valence-corrected chi connectivity index (χ1v) is 10.7. The van der Waals surface area contributed by atoms with Crippen molar-refractivity contribution in [3.63, 3.8) is 0 Å². The number of ether oxygens (including phenoxy) is 2. The van der Waals surface area contributed by atoms with Gasteiger partial charge in [-0.3, -0.25) is 0 Å². The van der Waals surface area contributed by atoms with Crippen molar-refractivity contribution >= 4 is 11.7 Å². The zero-order chi connectivity index (χ0) is 21.2. The SMILES string of the molecule is CCN(CC)CCOc1cc(NC(=O)N(C)CC2CCCN(C)C2)ccc1OC. The van der Waals surface area contributed by atoms with Gasteiger partial charge in [-0.15, -0.1) is 0 Å². The summed E-state index contributed by atoms with van der Waals surface area (Å²) in [6.45, 7) is 10.7. The monoisotopic (exact) mass is 406 g/mol. The fourth-order valence-electron chi connectivity index (χ4n) is 3.80. The Balaban J connectivity index is 1.92. The van der Waals surface area contributed by atoms with Crippen LogP contribution in [0.5, 0.6) is 11.5 Å². The summed E-state index contributed by atoms with van der Waals surface area (Å²) in [5.74, 6) is 1.84. The smallest absolute Gasteiger partial charge is 0.321 e. The maximum atomic E-state index is 12.6. The molecule has 1 N–H and O–H groups in total. The van der Waals surface area contributed by atoms with E-state index in [1.54, 1.807) is 12.0 Å². The normalized spacial score (nSPS) is 17.2. The third-order valence-corrected chi connectivity index (χ3v) is 5.58. The molecule has 2 amide bonds. The van der Waals surface area contributed by atoms with Crippen molar-refractivity contribution in [3.05, 3.63) is 18.2 Å². The zero-order valence-corrected chi connectivity index (χ0v) is 18.7. The van der Waals surface area contributed by atoms with E-state index < -0.39 is 0 Å². The second-order valence-electron chi connectivity index (χ2n) is 7.82. The third-order valence-electron chi connectivity index (χ3n) is 5.58. The van der Waals surface area contributed by atoms with Crippen LogP contribution >= 0.6 is 0 Å². The van der Waals surface area contributed by atoms with E-state index in [0.29, 0.717) is 29.7 Å². The van der Waals surface area contributed by atoms with Gasteiger partial charge in [-0.1, -0.05) is 13.8 Å². The second-order valence-corrected chi connectivity index (χ2v) is 7.82. The Morgan fingerprint density at radius 3 is 2.69 bits per heavy atom. The molecule has 29 heavy (non-hydrogen) atoms. The van der Waals surface area contributed by atoms with Crippen LogP contribution in [0.25, 0.3) is 0 Å². The summed E-state index contributed by atoms with van der Waals surface area (Å²) in [7, 11) is 5.63. The van der Waals surface area contributed by atoms with Gasteiger partial charge >= 0.3 is 6.03 Å². The Hall–Kier alpha value is -1.99. The largest absolute Gasteiger partial charge is 0.493 e. The van der Waals surface area contributed by atoms with Crippen LogP contribution in [-0.4, -0.2) is 87.8 Å². The molecule has 1 unspecified atom stereocenters. The predicted octanol–water partition coefficient (Wildman–Crippen LogP) is 3.22. The summed E-state index contributed by atoms with van der Waals surface area (Å²) in [5, 5.41) is 2.98. The Morgan fingerprint density at radius 2 is 2.03 bits per heavy atom. The minimum absolute atomic E-state index is 0.0996. The molecule has 1 atom stereocenters. The van der Waals surface area contributed by atoms with Crippen molar-refractivity contribution in [2.45, 2.75) is 26.7 Å². The Morgan fingerprint density at radius 1 is 1.28 bits per heavy atom. The molecule has 0 bridgehead atoms. The van der Waals surface area contributed by atoms with Gasteiger partial charge in [0.25, 0.3) is 0 Å². The minimum atomic E-state index is -0.0996. The maximum absolute atomic E-state index is 12.6. The van der Waals surface area contributed by atoms with Crippen LogP contribution < -0.4 is 14.8 Å². The fraction of sp³-hybridized carbons (Fsp3) is 0.682. The highest BCUT2D eigenvalue weighted by Crippen LogP contribution is 2.30. The first-order chi connectivity index (χ1) is 14.0. The van der Waals surface area contributed by atoms with E-state index in [9.17, 15) is 4.79 Å². The van der Waals surface area contributed by atoms with Gasteiger partial charge in [0.1, 0.15) is 6.61 Å². The summed E-state index contributed by atoms with van der Waals surface area (Å²) in [4.78, 5) is 19.0. The number of methoxy groups -OCH3 is 1. The van der Waals surface area contributed by atoms with Gasteiger partial charge < -0.3 is 29.5 Å². The second kappa shape index (κ2) is 11.9. The lowest BCUT2D eigenvalue weighted by atomic mass is 9.98. The Bertz CT molecular complexity index is 636. The van der Waals surface area contributed by atoms with Crippen LogP contribution in [0.4, 0.5) is 10.5 Å². The molecular weight excluding hydrogens is 368 g/mol. The number of anilines is 1. The number of likely N-dealkylation sites (N-methyl/N-ethyl adjacent to an activating group) is 1. The predicted molar refractivity (Wildman–Crippen MR) is 118 cm³/mol. The molecule has 1 aliphatic heterocycles. The Kier molecular flexibility index (Phi) is 9.54. The first-order valence-electron chi connectivity index (χ1n) is 10.7. The topological polar surface area (TPSA) is 57.3 Å². The van der Waals surface area contributed by atoms with Crippen molar-refractivity contribution in [3.8, 4) is 11.5 Å². The van der Waals surface area contributed by atoms with Gasteiger partial charge in [0, 0.05) is 38.4 Å². The molecule has 0 saturated carbocycles. The van der Waals surface area contributed by atoms with Gasteiger partial charge in [-0.25, -0.2) is 4.79 Å². The van der Waals surface area contributed by atoms with E-state index in [1.807, 2.05) is 25.2 Å². The quantitative estimate of drug-likeness (QED) is 0.647. The number of benzene rings is 1. The van der Waals surface area contributed by atoms with Crippen molar-refractivity contribution in [2.75, 3.05) is 72.4 Å². The number of nitrogens with zero attached hydrogens (tertiary/aromatic N) is 3. The van der Waals surface area contributed by atoms with Gasteiger partial charge in [-0.2, -0.15) is 0 Å². The number of likely N-dealkylation sites (tertiary alicyclic amines) is 1. The molecule has 0 spiro atoms. The van der Waals surface area contributed by atoms with E-state index in [1.165, 1.54) is 12.8 Å². The summed E-state index contributed by atoms with van der Waals surface area (Å²) in [6.07, 6.45) is 2.37. The van der Waals surface area contributed by atoms with Crippen LogP contribution in [0.1, 0.15) is 26.7 Å². The average molecular weight is 407 g/mol. The molecule has 164 valence electrons. The van der Waals surface area contributed by atoms with E-state index in [4.69, 9.17) is 9.47 Å². The lowest BCUT2D eigenvalue weighted by Crippen LogP contribution is -2.41. The molecule has 0 radical (unpaired) electrons. The number of hydrogen-bond acceptors (Lipinski definition) is 5. The molecule has 1 aromatic rings. The molecule has 2 rings (SSSR count). The van der Waals surface area contributed by atoms with Crippen LogP contribution in [0.2, 0.25) is 0 Å². The lowest BCUT2D eigenvalue weighted by Gasteiger charge is -2.32. The summed E-state index contributed by atoms with van der Waals surface area (Å²) < 4.78 is 11.3. The maximum Gasteiger partial charge on any atom is 0.321 e. The summed E-state index contributed by atoms with van der Waals surface area (Å²) in [5.41, 5.74) is 0.709. The van der Waals surface area contributed by atoms with Crippen LogP contribution in [-0.2, 0) is 0 Å². The number of nitrogens with one attached hydrogen (secondary N) is 1. The lowest BCUT2D eigenvalue weighted by molar-refractivity contribution is 0.170. The first kappa shape index (κ1) is 23.3. The molecule has 1 aromatic carbocycles. The van der Waals surface area contributed by atoms with E-state index in [2.05, 4.69) is 36.0 Å². The minimum Gasteiger partial charge on any atom is -0.493 e. The zero-order valence-electron chi connectivity index (χ0n) is 18.7. The molecule has 0 aliphatic carbocycles. The molecule has 0 aromatic heterocycles. The van der Waals surface area contributed by atoms with Gasteiger partial charge in [-0.05, 0) is 57.6 Å². The molecule has 7 nitrogen and oxygen atoms in total. The van der Waals surface area contributed by atoms with Crippen molar-refractivity contribution in [1.82, 2.24) is 14.7 Å². The van der Waals surface area contributed by atoms with Gasteiger partial charge in [0.2, 0.25) is 0 Å². The Labute approximate surface area is 175 Å². The number of urea groups is 1. The molecule has 1 fully saturated rings. The van der Waals surface area contributed by atoms with Crippen LogP contribution in [0.3, 0.4) is 0 Å². The number of carbonyl (C=O) groups is 1. The molecule has 7 heteroatoms. The van der Waals surface area contributed by atoms with Gasteiger partial charge in [0.05, 0.1) is 7.11 Å². The number of piperidine rings is 1.